The summed E-state index contributed by atoms with van der Waals surface area (Å²) in [5, 5.41) is 1.85. The van der Waals surface area contributed by atoms with E-state index in [0.717, 1.165) is 31.4 Å². The van der Waals surface area contributed by atoms with Crippen LogP contribution < -0.4 is 10.5 Å². The molecule has 0 aromatic heterocycles. The predicted octanol–water partition coefficient (Wildman–Crippen LogP) is 2.63. The van der Waals surface area contributed by atoms with Crippen LogP contribution >= 0.6 is 11.8 Å². The van der Waals surface area contributed by atoms with Crippen molar-refractivity contribution in [3.8, 4) is 5.75 Å². The number of hydrogen-bond donors (Lipinski definition) is 1. The van der Waals surface area contributed by atoms with E-state index in [1.54, 1.807) is 7.11 Å². The molecule has 2 aliphatic rings. The van der Waals surface area contributed by atoms with Gasteiger partial charge in [0.25, 0.3) is 0 Å². The lowest BCUT2D eigenvalue weighted by Gasteiger charge is -2.27. The van der Waals surface area contributed by atoms with Gasteiger partial charge in [-0.25, -0.2) is 0 Å². The SMILES string of the molecule is COc1ccccc1CC1=NC2CCC(N)CC2S1. The van der Waals surface area contributed by atoms with Crippen LogP contribution in [-0.2, 0) is 6.42 Å². The first-order chi connectivity index (χ1) is 9.26. The lowest BCUT2D eigenvalue weighted by molar-refractivity contribution is 0.410. The summed E-state index contributed by atoms with van der Waals surface area (Å²) in [6, 6.07) is 9.06. The maximum atomic E-state index is 6.05. The lowest BCUT2D eigenvalue weighted by atomic mass is 9.92. The van der Waals surface area contributed by atoms with Gasteiger partial charge in [0.1, 0.15) is 5.75 Å². The van der Waals surface area contributed by atoms with Crippen LogP contribution in [0.1, 0.15) is 24.8 Å². The number of para-hydroxylation sites is 1. The fourth-order valence-corrected chi connectivity index (χ4v) is 4.39. The Hall–Kier alpha value is -1.00. The second kappa shape index (κ2) is 5.55. The zero-order valence-corrected chi connectivity index (χ0v) is 12.0. The summed E-state index contributed by atoms with van der Waals surface area (Å²) in [5.74, 6) is 0.956. The van der Waals surface area contributed by atoms with E-state index in [-0.39, 0.29) is 0 Å². The minimum Gasteiger partial charge on any atom is -0.496 e. The van der Waals surface area contributed by atoms with E-state index in [4.69, 9.17) is 15.5 Å². The molecule has 1 aromatic carbocycles. The molecule has 0 spiro atoms. The number of fused-ring (bicyclic) bond motifs is 1. The minimum absolute atomic E-state index is 0.370. The number of methoxy groups -OCH3 is 1. The number of rotatable bonds is 3. The molecule has 1 aliphatic carbocycles. The van der Waals surface area contributed by atoms with Crippen molar-refractivity contribution in [2.75, 3.05) is 7.11 Å². The van der Waals surface area contributed by atoms with Gasteiger partial charge in [-0.2, -0.15) is 0 Å². The quantitative estimate of drug-likeness (QED) is 0.923. The summed E-state index contributed by atoms with van der Waals surface area (Å²) in [5.41, 5.74) is 7.27. The molecule has 3 rings (SSSR count). The van der Waals surface area contributed by atoms with Crippen molar-refractivity contribution < 1.29 is 4.74 Å². The minimum atomic E-state index is 0.370. The summed E-state index contributed by atoms with van der Waals surface area (Å²) >= 11 is 1.93. The first-order valence-corrected chi connectivity index (χ1v) is 7.75. The third-order valence-electron chi connectivity index (χ3n) is 3.93. The molecule has 3 nitrogen and oxygen atoms in total. The van der Waals surface area contributed by atoms with Gasteiger partial charge >= 0.3 is 0 Å². The number of nitrogens with two attached hydrogens (primary N) is 1. The number of benzene rings is 1. The number of ether oxygens (including phenoxy) is 1. The fraction of sp³-hybridized carbons (Fsp3) is 0.533. The summed E-state index contributed by atoms with van der Waals surface area (Å²) in [4.78, 5) is 4.88. The van der Waals surface area contributed by atoms with Crippen molar-refractivity contribution in [2.24, 2.45) is 10.7 Å². The molecular weight excluding hydrogens is 256 g/mol. The van der Waals surface area contributed by atoms with Crippen molar-refractivity contribution in [3.63, 3.8) is 0 Å². The standard InChI is InChI=1S/C15H20N2OS/c1-18-13-5-3-2-4-10(13)8-15-17-12-7-6-11(16)9-14(12)19-15/h2-5,11-12,14H,6-9,16H2,1H3. The van der Waals surface area contributed by atoms with E-state index in [9.17, 15) is 0 Å². The van der Waals surface area contributed by atoms with Crippen LogP contribution in [0.15, 0.2) is 29.3 Å². The molecular formula is C15H20N2OS. The molecule has 19 heavy (non-hydrogen) atoms. The summed E-state index contributed by atoms with van der Waals surface area (Å²) in [6.45, 7) is 0. The van der Waals surface area contributed by atoms with Gasteiger partial charge < -0.3 is 10.5 Å². The molecule has 3 unspecified atom stereocenters. The van der Waals surface area contributed by atoms with Crippen LogP contribution in [0.3, 0.4) is 0 Å². The number of hydrogen-bond acceptors (Lipinski definition) is 4. The molecule has 0 saturated heterocycles. The topological polar surface area (TPSA) is 47.6 Å². The van der Waals surface area contributed by atoms with Gasteiger partial charge in [-0.15, -0.1) is 11.8 Å². The average molecular weight is 276 g/mol. The largest absolute Gasteiger partial charge is 0.496 e. The highest BCUT2D eigenvalue weighted by Gasteiger charge is 2.34. The van der Waals surface area contributed by atoms with Crippen LogP contribution in [0.4, 0.5) is 0 Å². The second-order valence-corrected chi connectivity index (χ2v) is 6.62. The third-order valence-corrected chi connectivity index (χ3v) is 5.26. The summed E-state index contributed by atoms with van der Waals surface area (Å²) in [6.07, 6.45) is 4.26. The monoisotopic (exact) mass is 276 g/mol. The first-order valence-electron chi connectivity index (χ1n) is 6.87. The molecule has 4 heteroatoms. The highest BCUT2D eigenvalue weighted by Crippen LogP contribution is 2.38. The van der Waals surface area contributed by atoms with E-state index in [1.165, 1.54) is 10.6 Å². The Labute approximate surface area is 118 Å². The zero-order valence-electron chi connectivity index (χ0n) is 11.2. The molecule has 2 N–H and O–H groups in total. The Bertz CT molecular complexity index is 489. The molecule has 0 amide bonds. The van der Waals surface area contributed by atoms with E-state index in [1.807, 2.05) is 23.9 Å². The summed E-state index contributed by atoms with van der Waals surface area (Å²) in [7, 11) is 1.72. The maximum Gasteiger partial charge on any atom is 0.122 e. The molecule has 1 fully saturated rings. The molecule has 1 aliphatic heterocycles. The van der Waals surface area contributed by atoms with Crippen molar-refractivity contribution in [3.05, 3.63) is 29.8 Å². The molecule has 1 saturated carbocycles. The number of aliphatic imine (C=N–C) groups is 1. The van der Waals surface area contributed by atoms with Crippen LogP contribution in [0.25, 0.3) is 0 Å². The third kappa shape index (κ3) is 2.79. The average Bonchev–Trinajstić information content (AvgIpc) is 2.80. The second-order valence-electron chi connectivity index (χ2n) is 5.31. The molecule has 1 heterocycles. The first kappa shape index (κ1) is 13.0. The van der Waals surface area contributed by atoms with Crippen LogP contribution in [0.2, 0.25) is 0 Å². The maximum absolute atomic E-state index is 6.05. The summed E-state index contributed by atoms with van der Waals surface area (Å²) < 4.78 is 5.41. The van der Waals surface area contributed by atoms with E-state index < -0.39 is 0 Å². The van der Waals surface area contributed by atoms with Crippen molar-refractivity contribution in [1.29, 1.82) is 0 Å². The molecule has 3 atom stereocenters. The van der Waals surface area contributed by atoms with Gasteiger partial charge in [-0.3, -0.25) is 4.99 Å². The number of nitrogens with zero attached hydrogens (tertiary/aromatic N) is 1. The lowest BCUT2D eigenvalue weighted by Crippen LogP contribution is -2.35. The normalized spacial score (nSPS) is 29.8. The van der Waals surface area contributed by atoms with E-state index >= 15 is 0 Å². The smallest absolute Gasteiger partial charge is 0.122 e. The van der Waals surface area contributed by atoms with Gasteiger partial charge in [0.15, 0.2) is 0 Å². The highest BCUT2D eigenvalue weighted by molar-refractivity contribution is 8.14. The van der Waals surface area contributed by atoms with Crippen molar-refractivity contribution in [1.82, 2.24) is 0 Å². The molecule has 0 bridgehead atoms. The van der Waals surface area contributed by atoms with Gasteiger partial charge in [-0.1, -0.05) is 18.2 Å². The van der Waals surface area contributed by atoms with Gasteiger partial charge in [0.05, 0.1) is 18.2 Å². The van der Waals surface area contributed by atoms with Crippen molar-refractivity contribution in [2.45, 2.75) is 43.0 Å². The molecule has 102 valence electrons. The van der Waals surface area contributed by atoms with E-state index in [0.29, 0.717) is 17.3 Å². The van der Waals surface area contributed by atoms with Crippen LogP contribution in [0.5, 0.6) is 5.75 Å². The Balaban J connectivity index is 1.71. The Morgan fingerprint density at radius 1 is 1.37 bits per heavy atom. The molecule has 1 aromatic rings. The Morgan fingerprint density at radius 2 is 2.21 bits per heavy atom. The Kier molecular flexibility index (Phi) is 3.80. The van der Waals surface area contributed by atoms with Gasteiger partial charge in [-0.05, 0) is 25.3 Å². The zero-order chi connectivity index (χ0) is 13.2. The van der Waals surface area contributed by atoms with Crippen molar-refractivity contribution >= 4 is 16.8 Å². The predicted molar refractivity (Wildman–Crippen MR) is 81.1 cm³/mol. The van der Waals surface area contributed by atoms with Crippen LogP contribution in [-0.4, -0.2) is 29.5 Å². The van der Waals surface area contributed by atoms with E-state index in [2.05, 4.69) is 12.1 Å². The highest BCUT2D eigenvalue weighted by atomic mass is 32.2. The Morgan fingerprint density at radius 3 is 3.05 bits per heavy atom. The van der Waals surface area contributed by atoms with Gasteiger partial charge in [0, 0.05) is 23.3 Å². The molecule has 0 radical (unpaired) electrons. The van der Waals surface area contributed by atoms with Gasteiger partial charge in [0.2, 0.25) is 0 Å². The number of thioether (sulfide) groups is 1. The van der Waals surface area contributed by atoms with Crippen LogP contribution in [0, 0.1) is 0 Å². The fourth-order valence-electron chi connectivity index (χ4n) is 2.91.